The van der Waals surface area contributed by atoms with E-state index in [0.29, 0.717) is 44.1 Å². The molecule has 3 amide bonds. The van der Waals surface area contributed by atoms with Crippen LogP contribution in [0.5, 0.6) is 0 Å². The van der Waals surface area contributed by atoms with Gasteiger partial charge in [-0.05, 0) is 99.5 Å². The van der Waals surface area contributed by atoms with E-state index in [1.807, 2.05) is 25.1 Å². The second-order valence-electron chi connectivity index (χ2n) is 14.7. The number of carbonyl (C=O) groups excluding carboxylic acids is 3. The highest BCUT2D eigenvalue weighted by Gasteiger charge is 2.73. The van der Waals surface area contributed by atoms with Crippen LogP contribution < -0.4 is 16.0 Å². The molecule has 1 aromatic heterocycles. The van der Waals surface area contributed by atoms with E-state index in [9.17, 15) is 14.4 Å². The summed E-state index contributed by atoms with van der Waals surface area (Å²) in [6.45, 7) is 8.11. The van der Waals surface area contributed by atoms with Crippen molar-refractivity contribution in [2.24, 2.45) is 11.3 Å². The van der Waals surface area contributed by atoms with E-state index in [1.165, 1.54) is 0 Å². The normalized spacial score (nSPS) is 30.2. The molecular formula is C35H46FN5O3. The number of aromatic nitrogens is 1. The van der Waals surface area contributed by atoms with Gasteiger partial charge < -0.3 is 15.5 Å². The summed E-state index contributed by atoms with van der Waals surface area (Å²) in [4.78, 5) is 47.5. The van der Waals surface area contributed by atoms with Crippen molar-refractivity contribution < 1.29 is 18.8 Å². The van der Waals surface area contributed by atoms with E-state index in [2.05, 4.69) is 34.8 Å². The van der Waals surface area contributed by atoms with Gasteiger partial charge in [-0.15, -0.1) is 0 Å². The van der Waals surface area contributed by atoms with Gasteiger partial charge in [0.05, 0.1) is 11.7 Å². The molecule has 2 aliphatic carbocycles. The van der Waals surface area contributed by atoms with Gasteiger partial charge >= 0.3 is 0 Å². The number of rotatable bonds is 4. The molecule has 0 unspecified atom stereocenters. The van der Waals surface area contributed by atoms with Crippen LogP contribution in [0, 0.1) is 31.0 Å². The van der Waals surface area contributed by atoms with Gasteiger partial charge in [-0.3, -0.25) is 24.7 Å². The molecule has 6 rings (SSSR count). The zero-order chi connectivity index (χ0) is 31.6. The lowest BCUT2D eigenvalue weighted by Crippen LogP contribution is -2.61. The minimum atomic E-state index is -1.20. The highest BCUT2D eigenvalue weighted by Crippen LogP contribution is 2.63. The Balaban J connectivity index is 1.44. The minimum absolute atomic E-state index is 0.0383. The number of halogens is 1. The summed E-state index contributed by atoms with van der Waals surface area (Å²) in [6, 6.07) is 6.72. The van der Waals surface area contributed by atoms with Crippen LogP contribution in [-0.2, 0) is 19.8 Å². The number of hydrogen-bond acceptors (Lipinski definition) is 5. The molecule has 236 valence electrons. The van der Waals surface area contributed by atoms with E-state index in [1.54, 1.807) is 38.2 Å². The quantitative estimate of drug-likeness (QED) is 0.462. The molecule has 4 aliphatic rings. The average Bonchev–Trinajstić information content (AvgIpc) is 3.44. The van der Waals surface area contributed by atoms with Crippen molar-refractivity contribution in [2.45, 2.75) is 108 Å². The maximum Gasteiger partial charge on any atom is 0.238 e. The molecule has 2 aliphatic heterocycles. The van der Waals surface area contributed by atoms with Crippen LogP contribution >= 0.6 is 0 Å². The van der Waals surface area contributed by atoms with E-state index in [-0.39, 0.29) is 40.8 Å². The Morgan fingerprint density at radius 3 is 2.36 bits per heavy atom. The SMILES string of the molecule is Cc1ccc2c(c1)NC(=O)[C@]21[C@@H](c2ccnc(C)c2F)[C@H](C(=O)NC2CCC(C(=O)N(C)C)CC2)NC12CCC(C)(C)CC2. The van der Waals surface area contributed by atoms with Crippen molar-refractivity contribution in [3.05, 3.63) is 58.7 Å². The zero-order valence-corrected chi connectivity index (χ0v) is 26.9. The van der Waals surface area contributed by atoms with Crippen LogP contribution in [0.1, 0.15) is 93.5 Å². The number of amides is 3. The monoisotopic (exact) mass is 603 g/mol. The van der Waals surface area contributed by atoms with Crippen molar-refractivity contribution in [2.75, 3.05) is 19.4 Å². The van der Waals surface area contributed by atoms with Crippen molar-refractivity contribution in [3.8, 4) is 0 Å². The largest absolute Gasteiger partial charge is 0.352 e. The fraction of sp³-hybridized carbons (Fsp3) is 0.600. The summed E-state index contributed by atoms with van der Waals surface area (Å²) in [5.41, 5.74) is 1.32. The summed E-state index contributed by atoms with van der Waals surface area (Å²) in [5, 5.41) is 10.2. The van der Waals surface area contributed by atoms with Crippen LogP contribution in [0.2, 0.25) is 0 Å². The van der Waals surface area contributed by atoms with Gasteiger partial charge in [0.15, 0.2) is 0 Å². The third kappa shape index (κ3) is 4.73. The molecule has 3 atom stereocenters. The molecule has 9 heteroatoms. The van der Waals surface area contributed by atoms with Gasteiger partial charge in [-0.2, -0.15) is 0 Å². The average molecular weight is 604 g/mol. The molecule has 2 aromatic rings. The highest BCUT2D eigenvalue weighted by molar-refractivity contribution is 6.10. The topological polar surface area (TPSA) is 103 Å². The number of pyridine rings is 1. The van der Waals surface area contributed by atoms with E-state index >= 15 is 4.39 Å². The Hall–Kier alpha value is -3.33. The maximum absolute atomic E-state index is 16.2. The smallest absolute Gasteiger partial charge is 0.238 e. The molecule has 0 radical (unpaired) electrons. The zero-order valence-electron chi connectivity index (χ0n) is 26.9. The first kappa shape index (κ1) is 30.7. The third-order valence-corrected chi connectivity index (χ3v) is 11.2. The van der Waals surface area contributed by atoms with E-state index in [0.717, 1.165) is 29.7 Å². The second-order valence-corrected chi connectivity index (χ2v) is 14.7. The highest BCUT2D eigenvalue weighted by atomic mass is 19.1. The van der Waals surface area contributed by atoms with Crippen LogP contribution in [0.4, 0.5) is 10.1 Å². The van der Waals surface area contributed by atoms with Gasteiger partial charge in [0.2, 0.25) is 17.7 Å². The molecule has 2 spiro atoms. The van der Waals surface area contributed by atoms with Gasteiger partial charge in [-0.1, -0.05) is 26.0 Å². The van der Waals surface area contributed by atoms with Gasteiger partial charge in [0.25, 0.3) is 0 Å². The molecule has 1 saturated heterocycles. The predicted octanol–water partition coefficient (Wildman–Crippen LogP) is 4.89. The number of aryl methyl sites for hydroxylation is 2. The Kier molecular flexibility index (Phi) is 7.62. The number of hydrogen-bond donors (Lipinski definition) is 3. The maximum atomic E-state index is 16.2. The van der Waals surface area contributed by atoms with Crippen LogP contribution in [0.15, 0.2) is 30.5 Å². The first-order valence-corrected chi connectivity index (χ1v) is 16.1. The summed E-state index contributed by atoms with van der Waals surface area (Å²) in [7, 11) is 3.55. The molecule has 44 heavy (non-hydrogen) atoms. The van der Waals surface area contributed by atoms with Crippen LogP contribution in [0.25, 0.3) is 0 Å². The molecule has 3 N–H and O–H groups in total. The number of benzene rings is 1. The Labute approximate surface area is 260 Å². The summed E-state index contributed by atoms with van der Waals surface area (Å²) >= 11 is 0. The predicted molar refractivity (Wildman–Crippen MR) is 168 cm³/mol. The fourth-order valence-corrected chi connectivity index (χ4v) is 8.75. The van der Waals surface area contributed by atoms with Crippen LogP contribution in [-0.4, -0.2) is 59.3 Å². The molecule has 1 aromatic carbocycles. The number of fused-ring (bicyclic) bond motifs is 3. The first-order valence-electron chi connectivity index (χ1n) is 16.1. The minimum Gasteiger partial charge on any atom is -0.352 e. The molecule has 2 saturated carbocycles. The molecule has 8 nitrogen and oxygen atoms in total. The summed E-state index contributed by atoms with van der Waals surface area (Å²) in [5.74, 6) is -1.57. The standard InChI is InChI=1S/C35H46FN5O3/c1-20-7-12-25-26(19-20)39-32(44)35(25)27(24-13-18-37-21(2)28(24)36)29(40-34(35)16-14-33(3,4)15-17-34)30(42)38-23-10-8-22(9-11-23)31(43)41(5)6/h7,12-13,18-19,22-23,27,29,40H,8-11,14-17H2,1-6H3,(H,38,42)(H,39,44)/t22?,23?,27-,29+,35+/m0/s1. The van der Waals surface area contributed by atoms with E-state index < -0.39 is 28.7 Å². The fourth-order valence-electron chi connectivity index (χ4n) is 8.75. The molecular weight excluding hydrogens is 557 g/mol. The molecule has 0 bridgehead atoms. The second kappa shape index (κ2) is 10.9. The van der Waals surface area contributed by atoms with Gasteiger partial charge in [-0.25, -0.2) is 4.39 Å². The van der Waals surface area contributed by atoms with Gasteiger partial charge in [0, 0.05) is 49.4 Å². The van der Waals surface area contributed by atoms with Crippen molar-refractivity contribution in [1.29, 1.82) is 0 Å². The Bertz CT molecular complexity index is 1490. The van der Waals surface area contributed by atoms with Crippen molar-refractivity contribution in [1.82, 2.24) is 20.5 Å². The summed E-state index contributed by atoms with van der Waals surface area (Å²) < 4.78 is 16.2. The lowest BCUT2D eigenvalue weighted by Gasteiger charge is -2.50. The third-order valence-electron chi connectivity index (χ3n) is 11.2. The van der Waals surface area contributed by atoms with E-state index in [4.69, 9.17) is 0 Å². The van der Waals surface area contributed by atoms with Crippen molar-refractivity contribution >= 4 is 23.4 Å². The Morgan fingerprint density at radius 1 is 1.02 bits per heavy atom. The van der Waals surface area contributed by atoms with Crippen molar-refractivity contribution in [3.63, 3.8) is 0 Å². The van der Waals surface area contributed by atoms with Gasteiger partial charge in [0.1, 0.15) is 11.2 Å². The molecule has 3 heterocycles. The molecule has 3 fully saturated rings. The number of anilines is 1. The lowest BCUT2D eigenvalue weighted by atomic mass is 9.53. The lowest BCUT2D eigenvalue weighted by molar-refractivity contribution is -0.134. The first-order chi connectivity index (χ1) is 20.8. The number of nitrogens with one attached hydrogen (secondary N) is 3. The number of nitrogens with zero attached hydrogens (tertiary/aromatic N) is 2. The van der Waals surface area contributed by atoms with Crippen LogP contribution in [0.3, 0.4) is 0 Å². The Morgan fingerprint density at radius 2 is 1.70 bits per heavy atom. The summed E-state index contributed by atoms with van der Waals surface area (Å²) in [6.07, 6.45) is 7.51. The number of carbonyl (C=O) groups is 3.